The summed E-state index contributed by atoms with van der Waals surface area (Å²) < 4.78 is 0. The van der Waals surface area contributed by atoms with Crippen molar-refractivity contribution < 1.29 is 19.5 Å². The zero-order chi connectivity index (χ0) is 14.8. The van der Waals surface area contributed by atoms with Gasteiger partial charge in [0.25, 0.3) is 0 Å². The number of piperazine rings is 1. The van der Waals surface area contributed by atoms with E-state index in [2.05, 4.69) is 5.32 Å². The fourth-order valence-electron chi connectivity index (χ4n) is 2.88. The Bertz CT molecular complexity index is 410. The normalized spacial score (nSPS) is 21.6. The summed E-state index contributed by atoms with van der Waals surface area (Å²) in [6.07, 6.45) is 2.62. The first-order chi connectivity index (χ1) is 9.44. The van der Waals surface area contributed by atoms with Gasteiger partial charge in [-0.05, 0) is 12.8 Å². The minimum Gasteiger partial charge on any atom is -0.480 e. The van der Waals surface area contributed by atoms with Crippen molar-refractivity contribution in [2.24, 2.45) is 0 Å². The maximum absolute atomic E-state index is 12.2. The fraction of sp³-hybridized carbons (Fsp3) is 0.769. The first kappa shape index (κ1) is 14.6. The van der Waals surface area contributed by atoms with Gasteiger partial charge in [0, 0.05) is 33.1 Å². The third-order valence-corrected chi connectivity index (χ3v) is 4.22. The molecule has 0 radical (unpaired) electrons. The molecule has 1 heterocycles. The highest BCUT2D eigenvalue weighted by molar-refractivity contribution is 5.86. The number of aliphatic carboxylic acids is 1. The molecule has 7 heteroatoms. The average molecular weight is 283 g/mol. The van der Waals surface area contributed by atoms with Gasteiger partial charge in [0.15, 0.2) is 0 Å². The van der Waals surface area contributed by atoms with Crippen LogP contribution in [0.2, 0.25) is 0 Å². The van der Waals surface area contributed by atoms with Gasteiger partial charge < -0.3 is 20.2 Å². The van der Waals surface area contributed by atoms with E-state index in [1.807, 2.05) is 0 Å². The van der Waals surface area contributed by atoms with Crippen LogP contribution in [0, 0.1) is 0 Å². The summed E-state index contributed by atoms with van der Waals surface area (Å²) in [7, 11) is 0. The van der Waals surface area contributed by atoms with Crippen molar-refractivity contribution >= 4 is 17.9 Å². The largest absolute Gasteiger partial charge is 0.480 e. The molecular formula is C13H21N3O4. The maximum atomic E-state index is 12.2. The van der Waals surface area contributed by atoms with Gasteiger partial charge in [0.05, 0.1) is 0 Å². The lowest BCUT2D eigenvalue weighted by atomic mass is 9.98. The Kier molecular flexibility index (Phi) is 4.15. The number of carboxylic acid groups (broad SMARTS) is 1. The van der Waals surface area contributed by atoms with Gasteiger partial charge in [-0.15, -0.1) is 0 Å². The minimum atomic E-state index is -1.10. The van der Waals surface area contributed by atoms with Crippen LogP contribution >= 0.6 is 0 Å². The van der Waals surface area contributed by atoms with E-state index < -0.39 is 11.5 Å². The van der Waals surface area contributed by atoms with E-state index in [4.69, 9.17) is 0 Å². The first-order valence-electron chi connectivity index (χ1n) is 7.01. The Hall–Kier alpha value is -1.79. The summed E-state index contributed by atoms with van der Waals surface area (Å²) in [5, 5.41) is 12.0. The molecule has 2 N–H and O–H groups in total. The van der Waals surface area contributed by atoms with E-state index in [0.29, 0.717) is 39.0 Å². The van der Waals surface area contributed by atoms with Crippen molar-refractivity contribution in [2.75, 3.05) is 26.2 Å². The highest BCUT2D eigenvalue weighted by Gasteiger charge is 2.43. The van der Waals surface area contributed by atoms with Gasteiger partial charge >= 0.3 is 12.0 Å². The Morgan fingerprint density at radius 1 is 1.00 bits per heavy atom. The molecule has 7 nitrogen and oxygen atoms in total. The lowest BCUT2D eigenvalue weighted by Crippen LogP contribution is -2.59. The highest BCUT2D eigenvalue weighted by Crippen LogP contribution is 2.30. The number of hydrogen-bond donors (Lipinski definition) is 2. The number of carbonyl (C=O) groups excluding carboxylic acids is 2. The van der Waals surface area contributed by atoms with E-state index in [0.717, 1.165) is 12.8 Å². The first-order valence-corrected chi connectivity index (χ1v) is 7.01. The van der Waals surface area contributed by atoms with E-state index in [9.17, 15) is 19.5 Å². The van der Waals surface area contributed by atoms with Crippen molar-refractivity contribution in [2.45, 2.75) is 38.1 Å². The summed E-state index contributed by atoms with van der Waals surface area (Å²) in [5.41, 5.74) is -1.10. The second kappa shape index (κ2) is 5.68. The highest BCUT2D eigenvalue weighted by atomic mass is 16.4. The third kappa shape index (κ3) is 2.86. The monoisotopic (exact) mass is 283 g/mol. The van der Waals surface area contributed by atoms with Gasteiger partial charge in [-0.25, -0.2) is 9.59 Å². The lowest BCUT2D eigenvalue weighted by Gasteiger charge is -2.36. The summed E-state index contributed by atoms with van der Waals surface area (Å²) in [6.45, 7) is 3.40. The molecule has 1 saturated carbocycles. The number of hydrogen-bond acceptors (Lipinski definition) is 3. The van der Waals surface area contributed by atoms with Gasteiger partial charge in [-0.2, -0.15) is 0 Å². The molecule has 0 aromatic heterocycles. The van der Waals surface area contributed by atoms with Crippen LogP contribution < -0.4 is 5.32 Å². The molecule has 2 rings (SSSR count). The number of amides is 3. The quantitative estimate of drug-likeness (QED) is 0.760. The lowest BCUT2D eigenvalue weighted by molar-refractivity contribution is -0.144. The fourth-order valence-corrected chi connectivity index (χ4v) is 2.88. The van der Waals surface area contributed by atoms with Crippen LogP contribution in [-0.2, 0) is 9.59 Å². The molecule has 0 unspecified atom stereocenters. The van der Waals surface area contributed by atoms with E-state index in [1.54, 1.807) is 9.80 Å². The van der Waals surface area contributed by atoms with Gasteiger partial charge in [0.2, 0.25) is 5.91 Å². The van der Waals surface area contributed by atoms with E-state index in [1.165, 1.54) is 6.92 Å². The molecule has 112 valence electrons. The van der Waals surface area contributed by atoms with Crippen molar-refractivity contribution in [3.63, 3.8) is 0 Å². The topological polar surface area (TPSA) is 90.0 Å². The molecule has 0 aromatic rings. The second-order valence-corrected chi connectivity index (χ2v) is 5.52. The number of urea groups is 1. The summed E-state index contributed by atoms with van der Waals surface area (Å²) >= 11 is 0. The van der Waals surface area contributed by atoms with Crippen LogP contribution in [0.25, 0.3) is 0 Å². The van der Waals surface area contributed by atoms with Gasteiger partial charge in [0.1, 0.15) is 5.54 Å². The molecule has 3 amide bonds. The summed E-state index contributed by atoms with van der Waals surface area (Å²) in [6, 6.07) is -0.336. The number of carboxylic acids is 1. The number of nitrogens with zero attached hydrogens (tertiary/aromatic N) is 2. The van der Waals surface area contributed by atoms with Crippen LogP contribution in [0.4, 0.5) is 4.79 Å². The molecule has 1 aliphatic carbocycles. The van der Waals surface area contributed by atoms with Crippen molar-refractivity contribution in [1.29, 1.82) is 0 Å². The van der Waals surface area contributed by atoms with Crippen LogP contribution in [0.5, 0.6) is 0 Å². The van der Waals surface area contributed by atoms with E-state index in [-0.39, 0.29) is 11.9 Å². The average Bonchev–Trinajstić information content (AvgIpc) is 2.88. The third-order valence-electron chi connectivity index (χ3n) is 4.22. The second-order valence-electron chi connectivity index (χ2n) is 5.52. The molecular weight excluding hydrogens is 262 g/mol. The number of rotatable bonds is 2. The van der Waals surface area contributed by atoms with Crippen LogP contribution in [0.1, 0.15) is 32.6 Å². The Balaban J connectivity index is 1.92. The SMILES string of the molecule is CC(=O)N1CCN(C(=O)NC2(C(=O)O)CCCC2)CC1. The Morgan fingerprint density at radius 2 is 1.50 bits per heavy atom. The van der Waals surface area contributed by atoms with Crippen molar-refractivity contribution in [1.82, 2.24) is 15.1 Å². The molecule has 0 bridgehead atoms. The smallest absolute Gasteiger partial charge is 0.329 e. The molecule has 0 aromatic carbocycles. The predicted molar refractivity (Wildman–Crippen MR) is 71.2 cm³/mol. The zero-order valence-corrected chi connectivity index (χ0v) is 11.7. The Labute approximate surface area is 117 Å². The van der Waals surface area contributed by atoms with Crippen LogP contribution in [0.3, 0.4) is 0 Å². The van der Waals surface area contributed by atoms with Gasteiger partial charge in [-0.3, -0.25) is 4.79 Å². The van der Waals surface area contributed by atoms with Crippen molar-refractivity contribution in [3.05, 3.63) is 0 Å². The molecule has 1 aliphatic heterocycles. The molecule has 2 fully saturated rings. The minimum absolute atomic E-state index is 0.00265. The molecule has 0 spiro atoms. The van der Waals surface area contributed by atoms with Crippen molar-refractivity contribution in [3.8, 4) is 0 Å². The van der Waals surface area contributed by atoms with Crippen LogP contribution in [0.15, 0.2) is 0 Å². The summed E-state index contributed by atoms with van der Waals surface area (Å²) in [5.74, 6) is -0.950. The predicted octanol–water partition coefficient (Wildman–Crippen LogP) is 0.258. The number of carbonyl (C=O) groups is 3. The van der Waals surface area contributed by atoms with Gasteiger partial charge in [-0.1, -0.05) is 12.8 Å². The van der Waals surface area contributed by atoms with E-state index >= 15 is 0 Å². The summed E-state index contributed by atoms with van der Waals surface area (Å²) in [4.78, 5) is 38.1. The zero-order valence-electron chi connectivity index (χ0n) is 11.7. The Morgan fingerprint density at radius 3 is 1.95 bits per heavy atom. The molecule has 0 atom stereocenters. The standard InChI is InChI=1S/C13H21N3O4/c1-10(17)15-6-8-16(9-7-15)12(20)14-13(11(18)19)4-2-3-5-13/h2-9H2,1H3,(H,14,20)(H,18,19). The molecule has 20 heavy (non-hydrogen) atoms. The number of nitrogens with one attached hydrogen (secondary N) is 1. The maximum Gasteiger partial charge on any atom is 0.329 e. The molecule has 1 saturated heterocycles. The van der Waals surface area contributed by atoms with Crippen LogP contribution in [-0.4, -0.2) is 64.5 Å². The molecule has 2 aliphatic rings.